The first-order valence-corrected chi connectivity index (χ1v) is 8.48. The van der Waals surface area contributed by atoms with E-state index in [4.69, 9.17) is 10.5 Å². The number of ether oxygens (including phenoxy) is 1. The number of para-hydroxylation sites is 1. The van der Waals surface area contributed by atoms with Crippen molar-refractivity contribution >= 4 is 21.6 Å². The molecule has 1 aromatic carbocycles. The molecule has 0 fully saturated rings. The van der Waals surface area contributed by atoms with Gasteiger partial charge in [0.15, 0.2) is 0 Å². The summed E-state index contributed by atoms with van der Waals surface area (Å²) < 4.78 is 34.2. The lowest BCUT2D eigenvalue weighted by molar-refractivity contribution is 0.0992. The number of hydrogen-bond donors (Lipinski definition) is 2. The number of nitrogens with two attached hydrogens (primary N) is 1. The normalized spacial score (nSPS) is 11.4. The highest BCUT2D eigenvalue weighted by Crippen LogP contribution is 2.22. The van der Waals surface area contributed by atoms with E-state index in [1.807, 2.05) is 6.92 Å². The molecule has 8 heteroatoms. The fraction of sp³-hybridized carbons (Fsp3) is 0.267. The Bertz CT molecular complexity index is 812. The number of sulfonamides is 1. The van der Waals surface area contributed by atoms with Crippen molar-refractivity contribution in [3.8, 4) is 0 Å². The van der Waals surface area contributed by atoms with Gasteiger partial charge >= 0.3 is 0 Å². The van der Waals surface area contributed by atoms with Gasteiger partial charge in [0.05, 0.1) is 12.3 Å². The van der Waals surface area contributed by atoms with Gasteiger partial charge in [0.25, 0.3) is 15.9 Å². The molecule has 0 saturated carbocycles. The molecular formula is C15H19N3O4S. The summed E-state index contributed by atoms with van der Waals surface area (Å²) in [6.07, 6.45) is 1.34. The average Bonchev–Trinajstić information content (AvgIpc) is 2.89. The van der Waals surface area contributed by atoms with Gasteiger partial charge in [-0.05, 0) is 19.1 Å². The molecular weight excluding hydrogens is 318 g/mol. The molecule has 0 aliphatic heterocycles. The zero-order valence-electron chi connectivity index (χ0n) is 12.9. The predicted octanol–water partition coefficient (Wildman–Crippen LogP) is 1.46. The first-order valence-electron chi connectivity index (χ1n) is 6.99. The lowest BCUT2D eigenvalue weighted by Gasteiger charge is -2.11. The minimum atomic E-state index is -3.83. The van der Waals surface area contributed by atoms with Gasteiger partial charge in [-0.1, -0.05) is 18.2 Å². The number of rotatable bonds is 7. The van der Waals surface area contributed by atoms with Crippen molar-refractivity contribution in [1.82, 2.24) is 4.57 Å². The minimum absolute atomic E-state index is 0.0278. The Morgan fingerprint density at radius 2 is 2.04 bits per heavy atom. The molecule has 0 aliphatic carbocycles. The topological polar surface area (TPSA) is 103 Å². The van der Waals surface area contributed by atoms with Crippen molar-refractivity contribution in [3.05, 3.63) is 47.8 Å². The van der Waals surface area contributed by atoms with Crippen molar-refractivity contribution in [3.63, 3.8) is 0 Å². The van der Waals surface area contributed by atoms with E-state index in [2.05, 4.69) is 4.72 Å². The monoisotopic (exact) mass is 337 g/mol. The number of amides is 1. The Morgan fingerprint density at radius 1 is 1.35 bits per heavy atom. The van der Waals surface area contributed by atoms with Gasteiger partial charge in [0.2, 0.25) is 0 Å². The lowest BCUT2D eigenvalue weighted by Crippen LogP contribution is -2.15. The molecule has 1 heterocycles. The van der Waals surface area contributed by atoms with Crippen molar-refractivity contribution < 1.29 is 17.9 Å². The maximum Gasteiger partial charge on any atom is 0.265 e. The van der Waals surface area contributed by atoms with Crippen LogP contribution in [-0.2, 0) is 28.4 Å². The number of carbonyl (C=O) groups is 1. The van der Waals surface area contributed by atoms with Crippen molar-refractivity contribution in [1.29, 1.82) is 0 Å². The molecule has 0 saturated heterocycles. The summed E-state index contributed by atoms with van der Waals surface area (Å²) >= 11 is 0. The Morgan fingerprint density at radius 3 is 2.65 bits per heavy atom. The highest BCUT2D eigenvalue weighted by molar-refractivity contribution is 7.92. The first kappa shape index (κ1) is 17.0. The number of anilines is 1. The van der Waals surface area contributed by atoms with E-state index >= 15 is 0 Å². The summed E-state index contributed by atoms with van der Waals surface area (Å²) in [5.74, 6) is -0.689. The Labute approximate surface area is 135 Å². The molecule has 0 bridgehead atoms. The Kier molecular flexibility index (Phi) is 5.07. The lowest BCUT2D eigenvalue weighted by atomic mass is 10.2. The molecule has 7 nitrogen and oxygen atoms in total. The van der Waals surface area contributed by atoms with Crippen molar-refractivity contribution in [2.45, 2.75) is 18.4 Å². The number of nitrogens with zero attached hydrogens (tertiary/aromatic N) is 1. The third-order valence-corrected chi connectivity index (χ3v) is 4.60. The number of nitrogens with one attached hydrogen (secondary N) is 1. The first-order chi connectivity index (χ1) is 10.8. The summed E-state index contributed by atoms with van der Waals surface area (Å²) in [5.41, 5.74) is 6.49. The van der Waals surface area contributed by atoms with Gasteiger partial charge in [0.1, 0.15) is 10.6 Å². The molecule has 0 aliphatic rings. The van der Waals surface area contributed by atoms with Crippen LogP contribution < -0.4 is 10.5 Å². The number of primary amides is 1. The summed E-state index contributed by atoms with van der Waals surface area (Å²) in [7, 11) is -2.27. The van der Waals surface area contributed by atoms with Crippen molar-refractivity contribution in [2.75, 3.05) is 11.3 Å². The molecule has 3 N–H and O–H groups in total. The highest BCUT2D eigenvalue weighted by atomic mass is 32.2. The maximum absolute atomic E-state index is 12.5. The third-order valence-electron chi connectivity index (χ3n) is 3.27. The van der Waals surface area contributed by atoms with Crippen LogP contribution in [0.1, 0.15) is 23.0 Å². The Hall–Kier alpha value is -2.32. The number of hydrogen-bond acceptors (Lipinski definition) is 4. The van der Waals surface area contributed by atoms with Gasteiger partial charge in [-0.25, -0.2) is 8.42 Å². The molecule has 2 rings (SSSR count). The predicted molar refractivity (Wildman–Crippen MR) is 86.5 cm³/mol. The Balaban J connectivity index is 2.32. The zero-order valence-corrected chi connectivity index (χ0v) is 13.8. The van der Waals surface area contributed by atoms with Crippen molar-refractivity contribution in [2.24, 2.45) is 12.8 Å². The van der Waals surface area contributed by atoms with Crippen LogP contribution in [0.15, 0.2) is 41.4 Å². The van der Waals surface area contributed by atoms with Crippen LogP contribution in [0.2, 0.25) is 0 Å². The van der Waals surface area contributed by atoms with Crippen LogP contribution in [0.25, 0.3) is 0 Å². The van der Waals surface area contributed by atoms with Crippen LogP contribution in [0, 0.1) is 0 Å². The number of aryl methyl sites for hydroxylation is 1. The van der Waals surface area contributed by atoms with Gasteiger partial charge in [-0.3, -0.25) is 9.52 Å². The number of aromatic nitrogens is 1. The van der Waals surface area contributed by atoms with Crippen LogP contribution in [0.4, 0.5) is 5.69 Å². The second-order valence-corrected chi connectivity index (χ2v) is 6.62. The van der Waals surface area contributed by atoms with E-state index in [1.54, 1.807) is 31.3 Å². The molecule has 23 heavy (non-hydrogen) atoms. The summed E-state index contributed by atoms with van der Waals surface area (Å²) in [5, 5.41) is 0. The number of carbonyl (C=O) groups excluding carboxylic acids is 1. The van der Waals surface area contributed by atoms with Gasteiger partial charge in [-0.15, -0.1) is 0 Å². The molecule has 124 valence electrons. The van der Waals surface area contributed by atoms with Gasteiger partial charge in [0, 0.05) is 25.4 Å². The van der Waals surface area contributed by atoms with E-state index in [1.165, 1.54) is 16.8 Å². The quantitative estimate of drug-likeness (QED) is 0.798. The van der Waals surface area contributed by atoms with E-state index in [9.17, 15) is 13.2 Å². The molecule has 2 aromatic rings. The van der Waals surface area contributed by atoms with Gasteiger partial charge < -0.3 is 15.0 Å². The zero-order chi connectivity index (χ0) is 17.0. The second-order valence-electron chi connectivity index (χ2n) is 4.94. The fourth-order valence-corrected chi connectivity index (χ4v) is 3.26. The number of benzene rings is 1. The van der Waals surface area contributed by atoms with Crippen LogP contribution in [0.5, 0.6) is 0 Å². The molecule has 1 aromatic heterocycles. The standard InChI is InChI=1S/C15H19N3O4S/c1-3-22-10-11-6-4-5-7-13(11)17-23(20,21)12-8-14(15(16)19)18(2)9-12/h4-9,17H,3,10H2,1-2H3,(H2,16,19). The highest BCUT2D eigenvalue weighted by Gasteiger charge is 2.20. The fourth-order valence-electron chi connectivity index (χ4n) is 2.09. The van der Waals surface area contributed by atoms with E-state index < -0.39 is 15.9 Å². The van der Waals surface area contributed by atoms with Crippen LogP contribution in [-0.4, -0.2) is 25.5 Å². The van der Waals surface area contributed by atoms with E-state index in [0.29, 0.717) is 18.9 Å². The SMILES string of the molecule is CCOCc1ccccc1NS(=O)(=O)c1cc(C(N)=O)n(C)c1. The summed E-state index contributed by atoms with van der Waals surface area (Å²) in [6, 6.07) is 8.22. The molecule has 0 unspecified atom stereocenters. The third kappa shape index (κ3) is 3.91. The largest absolute Gasteiger partial charge is 0.377 e. The maximum atomic E-state index is 12.5. The molecule has 0 atom stereocenters. The van der Waals surface area contributed by atoms with Crippen LogP contribution >= 0.6 is 0 Å². The minimum Gasteiger partial charge on any atom is -0.377 e. The summed E-state index contributed by atoms with van der Waals surface area (Å²) in [6.45, 7) is 2.69. The smallest absolute Gasteiger partial charge is 0.265 e. The molecule has 0 spiro atoms. The van der Waals surface area contributed by atoms with Crippen LogP contribution in [0.3, 0.4) is 0 Å². The molecule has 1 amide bonds. The van der Waals surface area contributed by atoms with E-state index in [-0.39, 0.29) is 10.6 Å². The second kappa shape index (κ2) is 6.84. The molecule has 0 radical (unpaired) electrons. The summed E-state index contributed by atoms with van der Waals surface area (Å²) in [4.78, 5) is 11.2. The average molecular weight is 337 g/mol. The van der Waals surface area contributed by atoms with Gasteiger partial charge in [-0.2, -0.15) is 0 Å². The van der Waals surface area contributed by atoms with E-state index in [0.717, 1.165) is 5.56 Å².